The second-order valence-electron chi connectivity index (χ2n) is 4.86. The molecule has 0 aliphatic carbocycles. The summed E-state index contributed by atoms with van der Waals surface area (Å²) in [5, 5.41) is 9.89. The average molecular weight is 292 g/mol. The highest BCUT2D eigenvalue weighted by Gasteiger charge is 2.16. The van der Waals surface area contributed by atoms with Crippen LogP contribution in [0.1, 0.15) is 30.6 Å². The van der Waals surface area contributed by atoms with E-state index in [1.807, 2.05) is 12.1 Å². The van der Waals surface area contributed by atoms with Crippen molar-refractivity contribution < 1.29 is 18.6 Å². The maximum absolute atomic E-state index is 13.5. The standard InChI is InChI=1S/C17H18F2O2/c1-2-4-12-7-9-13(10-8-12)21-11-16(20)14-5-3-6-15(18)17(14)19/h3,5-10,16,20H,2,4,11H2,1H3. The molecule has 1 N–H and O–H groups in total. The number of ether oxygens (including phenoxy) is 1. The summed E-state index contributed by atoms with van der Waals surface area (Å²) in [4.78, 5) is 0. The van der Waals surface area contributed by atoms with Crippen LogP contribution in [0.4, 0.5) is 8.78 Å². The summed E-state index contributed by atoms with van der Waals surface area (Å²) >= 11 is 0. The number of benzene rings is 2. The molecular formula is C17H18F2O2. The molecule has 0 fully saturated rings. The van der Waals surface area contributed by atoms with Crippen LogP contribution in [0.5, 0.6) is 5.75 Å². The van der Waals surface area contributed by atoms with E-state index in [1.165, 1.54) is 17.7 Å². The summed E-state index contributed by atoms with van der Waals surface area (Å²) in [5.74, 6) is -1.42. The van der Waals surface area contributed by atoms with Gasteiger partial charge in [0.15, 0.2) is 11.6 Å². The van der Waals surface area contributed by atoms with Crippen LogP contribution in [0.15, 0.2) is 42.5 Å². The van der Waals surface area contributed by atoms with E-state index < -0.39 is 17.7 Å². The number of rotatable bonds is 6. The summed E-state index contributed by atoms with van der Waals surface area (Å²) in [6, 6.07) is 11.2. The van der Waals surface area contributed by atoms with Crippen molar-refractivity contribution in [3.05, 3.63) is 65.2 Å². The number of hydrogen-bond acceptors (Lipinski definition) is 2. The first-order chi connectivity index (χ1) is 10.1. The minimum atomic E-state index is -1.21. The zero-order chi connectivity index (χ0) is 15.2. The molecule has 21 heavy (non-hydrogen) atoms. The van der Waals surface area contributed by atoms with Crippen molar-refractivity contribution in [1.29, 1.82) is 0 Å². The molecule has 0 heterocycles. The molecule has 1 unspecified atom stereocenters. The van der Waals surface area contributed by atoms with E-state index in [0.29, 0.717) is 5.75 Å². The lowest BCUT2D eigenvalue weighted by Gasteiger charge is -2.14. The Morgan fingerprint density at radius 3 is 2.48 bits per heavy atom. The minimum absolute atomic E-state index is 0.0994. The summed E-state index contributed by atoms with van der Waals surface area (Å²) < 4.78 is 32.0. The fourth-order valence-corrected chi connectivity index (χ4v) is 2.08. The Morgan fingerprint density at radius 2 is 1.81 bits per heavy atom. The van der Waals surface area contributed by atoms with Crippen molar-refractivity contribution in [2.24, 2.45) is 0 Å². The fourth-order valence-electron chi connectivity index (χ4n) is 2.08. The molecule has 4 heteroatoms. The van der Waals surface area contributed by atoms with Crippen molar-refractivity contribution in [1.82, 2.24) is 0 Å². The van der Waals surface area contributed by atoms with Crippen molar-refractivity contribution in [3.63, 3.8) is 0 Å². The molecule has 0 spiro atoms. The van der Waals surface area contributed by atoms with Crippen LogP contribution in [0.3, 0.4) is 0 Å². The van der Waals surface area contributed by atoms with E-state index >= 15 is 0 Å². The predicted octanol–water partition coefficient (Wildman–Crippen LogP) is 4.03. The number of aliphatic hydroxyl groups is 1. The first-order valence-corrected chi connectivity index (χ1v) is 6.95. The summed E-state index contributed by atoms with van der Waals surface area (Å²) in [6.07, 6.45) is 0.853. The topological polar surface area (TPSA) is 29.5 Å². The molecule has 2 aromatic rings. The molecule has 0 saturated heterocycles. The van der Waals surface area contributed by atoms with E-state index in [2.05, 4.69) is 6.92 Å². The third-order valence-electron chi connectivity index (χ3n) is 3.21. The lowest BCUT2D eigenvalue weighted by atomic mass is 10.1. The smallest absolute Gasteiger partial charge is 0.164 e. The molecule has 0 amide bonds. The van der Waals surface area contributed by atoms with Gasteiger partial charge in [-0.25, -0.2) is 8.78 Å². The van der Waals surface area contributed by atoms with Crippen molar-refractivity contribution in [2.75, 3.05) is 6.61 Å². The van der Waals surface area contributed by atoms with E-state index in [-0.39, 0.29) is 12.2 Å². The molecule has 0 saturated carbocycles. The molecule has 2 rings (SSSR count). The molecule has 0 aromatic heterocycles. The number of hydrogen-bond donors (Lipinski definition) is 1. The summed E-state index contributed by atoms with van der Waals surface area (Å²) in [7, 11) is 0. The second kappa shape index (κ2) is 7.18. The predicted molar refractivity (Wildman–Crippen MR) is 77.2 cm³/mol. The third kappa shape index (κ3) is 4.02. The molecule has 0 aliphatic heterocycles. The van der Waals surface area contributed by atoms with Crippen LogP contribution >= 0.6 is 0 Å². The van der Waals surface area contributed by atoms with Crippen molar-refractivity contribution in [2.45, 2.75) is 25.9 Å². The Hall–Kier alpha value is -1.94. The van der Waals surface area contributed by atoms with E-state index in [4.69, 9.17) is 4.74 Å². The van der Waals surface area contributed by atoms with Crippen LogP contribution in [-0.2, 0) is 6.42 Å². The zero-order valence-corrected chi connectivity index (χ0v) is 11.9. The lowest BCUT2D eigenvalue weighted by molar-refractivity contribution is 0.104. The fraction of sp³-hybridized carbons (Fsp3) is 0.294. The molecule has 2 nitrogen and oxygen atoms in total. The van der Waals surface area contributed by atoms with Gasteiger partial charge in [-0.2, -0.15) is 0 Å². The maximum atomic E-state index is 13.5. The highest BCUT2D eigenvalue weighted by atomic mass is 19.2. The van der Waals surface area contributed by atoms with Gasteiger partial charge in [-0.15, -0.1) is 0 Å². The number of halogens is 2. The average Bonchev–Trinajstić information content (AvgIpc) is 2.49. The Kier molecular flexibility index (Phi) is 5.28. The van der Waals surface area contributed by atoms with Gasteiger partial charge in [-0.1, -0.05) is 37.6 Å². The molecule has 0 bridgehead atoms. The van der Waals surface area contributed by atoms with Crippen LogP contribution < -0.4 is 4.74 Å². The monoisotopic (exact) mass is 292 g/mol. The van der Waals surface area contributed by atoms with Gasteiger partial charge in [-0.05, 0) is 30.2 Å². The van der Waals surface area contributed by atoms with Gasteiger partial charge in [0.1, 0.15) is 18.5 Å². The van der Waals surface area contributed by atoms with Crippen molar-refractivity contribution in [3.8, 4) is 5.75 Å². The summed E-state index contributed by atoms with van der Waals surface area (Å²) in [6.45, 7) is 1.97. The highest BCUT2D eigenvalue weighted by molar-refractivity contribution is 5.28. The molecule has 0 radical (unpaired) electrons. The number of aliphatic hydroxyl groups excluding tert-OH is 1. The van der Waals surface area contributed by atoms with Gasteiger partial charge in [-0.3, -0.25) is 0 Å². The molecular weight excluding hydrogens is 274 g/mol. The Bertz CT molecular complexity index is 582. The SMILES string of the molecule is CCCc1ccc(OCC(O)c2cccc(F)c2F)cc1. The van der Waals surface area contributed by atoms with Gasteiger partial charge in [0, 0.05) is 5.56 Å². The molecule has 112 valence electrons. The minimum Gasteiger partial charge on any atom is -0.491 e. The first kappa shape index (κ1) is 15.4. The van der Waals surface area contributed by atoms with Crippen LogP contribution in [-0.4, -0.2) is 11.7 Å². The molecule has 2 aromatic carbocycles. The second-order valence-corrected chi connectivity index (χ2v) is 4.86. The van der Waals surface area contributed by atoms with Crippen LogP contribution in [0.25, 0.3) is 0 Å². The highest BCUT2D eigenvalue weighted by Crippen LogP contribution is 2.21. The lowest BCUT2D eigenvalue weighted by Crippen LogP contribution is -2.12. The number of aryl methyl sites for hydroxylation is 1. The van der Waals surface area contributed by atoms with E-state index in [1.54, 1.807) is 12.1 Å². The molecule has 0 aliphatic rings. The maximum Gasteiger partial charge on any atom is 0.164 e. The molecule has 1 atom stereocenters. The Labute approximate surface area is 123 Å². The third-order valence-corrected chi connectivity index (χ3v) is 3.21. The van der Waals surface area contributed by atoms with E-state index in [9.17, 15) is 13.9 Å². The normalized spacial score (nSPS) is 12.2. The van der Waals surface area contributed by atoms with Gasteiger partial charge in [0.2, 0.25) is 0 Å². The Balaban J connectivity index is 1.97. The van der Waals surface area contributed by atoms with Crippen molar-refractivity contribution >= 4 is 0 Å². The zero-order valence-electron chi connectivity index (χ0n) is 11.9. The largest absolute Gasteiger partial charge is 0.491 e. The first-order valence-electron chi connectivity index (χ1n) is 6.95. The van der Waals surface area contributed by atoms with E-state index in [0.717, 1.165) is 18.9 Å². The van der Waals surface area contributed by atoms with Gasteiger partial charge >= 0.3 is 0 Å². The Morgan fingerprint density at radius 1 is 1.10 bits per heavy atom. The van der Waals surface area contributed by atoms with Gasteiger partial charge in [0.25, 0.3) is 0 Å². The summed E-state index contributed by atoms with van der Waals surface area (Å²) in [5.41, 5.74) is 1.11. The van der Waals surface area contributed by atoms with Gasteiger partial charge < -0.3 is 9.84 Å². The van der Waals surface area contributed by atoms with Gasteiger partial charge in [0.05, 0.1) is 0 Å². The van der Waals surface area contributed by atoms with Crippen LogP contribution in [0.2, 0.25) is 0 Å². The van der Waals surface area contributed by atoms with Crippen LogP contribution in [0, 0.1) is 11.6 Å². The quantitative estimate of drug-likeness (QED) is 0.871.